The maximum Gasteiger partial charge on any atom is 0.338 e. The first-order chi connectivity index (χ1) is 18.8. The Labute approximate surface area is 238 Å². The van der Waals surface area contributed by atoms with Gasteiger partial charge in [0, 0.05) is 19.3 Å². The molecule has 0 amide bonds. The van der Waals surface area contributed by atoms with Crippen LogP contribution in [0.5, 0.6) is 17.2 Å². The molecule has 2 aliphatic heterocycles. The van der Waals surface area contributed by atoms with Crippen molar-refractivity contribution in [2.75, 3.05) is 41.2 Å². The number of carbonyl (C=O) groups is 2. The molecular formula is C30H47NO9. The Kier molecular flexibility index (Phi) is 9.69. The van der Waals surface area contributed by atoms with Gasteiger partial charge in [0.05, 0.1) is 56.6 Å². The normalized spacial score (nSPS) is 32.4. The number of piperidine rings is 1. The molecule has 1 aromatic carbocycles. The number of hydroxylamine groups is 2. The van der Waals surface area contributed by atoms with Gasteiger partial charge in [-0.15, -0.1) is 5.06 Å². The number of hydrogen-bond donors (Lipinski definition) is 0. The van der Waals surface area contributed by atoms with E-state index in [1.807, 2.05) is 12.0 Å². The Morgan fingerprint density at radius 1 is 0.950 bits per heavy atom. The van der Waals surface area contributed by atoms with E-state index in [-0.39, 0.29) is 18.5 Å². The molecule has 1 aromatic rings. The molecule has 10 heteroatoms. The van der Waals surface area contributed by atoms with Crippen molar-refractivity contribution in [1.29, 1.82) is 0 Å². The fourth-order valence-electron chi connectivity index (χ4n) is 5.96. The second-order valence-electron chi connectivity index (χ2n) is 11.6. The Hall–Kier alpha value is -2.56. The molecule has 2 aliphatic rings. The van der Waals surface area contributed by atoms with Crippen molar-refractivity contribution in [2.45, 2.75) is 91.0 Å². The minimum atomic E-state index is -0.869. The standard InChI is InChI=1S/C30H47NO9/c1-11-27(6)16-30(20(4)28(7,12-2)31(27)40-21(5)32)38-18-29(13-3,19-39-30)17-37-26(33)22-14-23(34-8)25(36-10)24(15-22)35-9/h14-15,20H,11-13,16-19H2,1-10H3. The molecule has 0 saturated carbocycles. The van der Waals surface area contributed by atoms with Gasteiger partial charge in [0.15, 0.2) is 17.3 Å². The molecule has 3 unspecified atom stereocenters. The monoisotopic (exact) mass is 565 g/mol. The average Bonchev–Trinajstić information content (AvgIpc) is 2.97. The first-order valence-electron chi connectivity index (χ1n) is 14.1. The van der Waals surface area contributed by atoms with Gasteiger partial charge in [-0.3, -0.25) is 4.79 Å². The molecule has 0 bridgehead atoms. The number of rotatable bonds is 10. The van der Waals surface area contributed by atoms with E-state index in [2.05, 4.69) is 34.6 Å². The van der Waals surface area contributed by atoms with Crippen LogP contribution in [0.2, 0.25) is 0 Å². The molecule has 0 aromatic heterocycles. The quantitative estimate of drug-likeness (QED) is 0.353. The summed E-state index contributed by atoms with van der Waals surface area (Å²) in [6.07, 6.45) is 2.69. The first-order valence-corrected chi connectivity index (χ1v) is 14.1. The second-order valence-corrected chi connectivity index (χ2v) is 11.6. The lowest BCUT2D eigenvalue weighted by Gasteiger charge is -2.63. The minimum Gasteiger partial charge on any atom is -0.493 e. The van der Waals surface area contributed by atoms with Gasteiger partial charge in [-0.25, -0.2) is 4.79 Å². The fraction of sp³-hybridized carbons (Fsp3) is 0.733. The van der Waals surface area contributed by atoms with Crippen molar-refractivity contribution < 1.29 is 42.8 Å². The molecule has 226 valence electrons. The zero-order valence-electron chi connectivity index (χ0n) is 25.8. The number of carbonyl (C=O) groups excluding carboxylic acids is 2. The molecule has 0 radical (unpaired) electrons. The van der Waals surface area contributed by atoms with Crippen molar-refractivity contribution in [3.63, 3.8) is 0 Å². The minimum absolute atomic E-state index is 0.111. The topological polar surface area (TPSA) is 102 Å². The van der Waals surface area contributed by atoms with Gasteiger partial charge in [0.2, 0.25) is 5.75 Å². The van der Waals surface area contributed by atoms with Gasteiger partial charge in [0.1, 0.15) is 6.61 Å². The van der Waals surface area contributed by atoms with E-state index in [1.54, 1.807) is 12.1 Å². The zero-order chi connectivity index (χ0) is 29.9. The predicted molar refractivity (Wildman–Crippen MR) is 149 cm³/mol. The third-order valence-electron chi connectivity index (χ3n) is 9.28. The summed E-state index contributed by atoms with van der Waals surface area (Å²) >= 11 is 0. The summed E-state index contributed by atoms with van der Waals surface area (Å²) < 4.78 is 35.3. The Morgan fingerprint density at radius 2 is 1.52 bits per heavy atom. The molecule has 3 atom stereocenters. The van der Waals surface area contributed by atoms with Crippen molar-refractivity contribution in [3.8, 4) is 17.2 Å². The Bertz CT molecular complexity index is 1040. The highest BCUT2D eigenvalue weighted by Gasteiger charge is 2.64. The zero-order valence-corrected chi connectivity index (χ0v) is 25.8. The summed E-state index contributed by atoms with van der Waals surface area (Å²) in [4.78, 5) is 31.0. The van der Waals surface area contributed by atoms with Crippen LogP contribution in [0, 0.1) is 11.3 Å². The molecule has 10 nitrogen and oxygen atoms in total. The summed E-state index contributed by atoms with van der Waals surface area (Å²) in [7, 11) is 4.50. The molecule has 40 heavy (non-hydrogen) atoms. The summed E-state index contributed by atoms with van der Waals surface area (Å²) in [5.41, 5.74) is -1.23. The van der Waals surface area contributed by atoms with Gasteiger partial charge in [-0.2, -0.15) is 0 Å². The van der Waals surface area contributed by atoms with Crippen molar-refractivity contribution >= 4 is 11.9 Å². The van der Waals surface area contributed by atoms with E-state index < -0.39 is 28.2 Å². The molecule has 0 aliphatic carbocycles. The van der Waals surface area contributed by atoms with E-state index in [4.69, 9.17) is 33.3 Å². The van der Waals surface area contributed by atoms with E-state index in [0.29, 0.717) is 48.9 Å². The van der Waals surface area contributed by atoms with Crippen molar-refractivity contribution in [1.82, 2.24) is 5.06 Å². The molecule has 3 rings (SSSR count). The van der Waals surface area contributed by atoms with Crippen molar-refractivity contribution in [3.05, 3.63) is 17.7 Å². The van der Waals surface area contributed by atoms with E-state index in [1.165, 1.54) is 28.3 Å². The molecule has 1 spiro atoms. The highest BCUT2D eigenvalue weighted by atomic mass is 16.7. The Balaban J connectivity index is 1.80. The second kappa shape index (κ2) is 12.1. The molecule has 2 fully saturated rings. The number of methoxy groups -OCH3 is 3. The van der Waals surface area contributed by atoms with Gasteiger partial charge in [-0.05, 0) is 45.2 Å². The lowest BCUT2D eigenvalue weighted by atomic mass is 9.66. The largest absolute Gasteiger partial charge is 0.493 e. The maximum atomic E-state index is 13.1. The third-order valence-corrected chi connectivity index (χ3v) is 9.28. The molecular weight excluding hydrogens is 518 g/mol. The smallest absolute Gasteiger partial charge is 0.338 e. The van der Waals surface area contributed by atoms with Crippen LogP contribution >= 0.6 is 0 Å². The van der Waals surface area contributed by atoms with E-state index >= 15 is 0 Å². The highest BCUT2D eigenvalue weighted by molar-refractivity contribution is 5.91. The summed E-state index contributed by atoms with van der Waals surface area (Å²) in [5, 5.41) is 1.88. The first kappa shape index (κ1) is 32.0. The van der Waals surface area contributed by atoms with Crippen LogP contribution in [-0.2, 0) is 23.8 Å². The summed E-state index contributed by atoms with van der Waals surface area (Å²) in [6.45, 7) is 14.8. The lowest BCUT2D eigenvalue weighted by Crippen LogP contribution is -2.74. The average molecular weight is 566 g/mol. The molecule has 2 saturated heterocycles. The number of esters is 1. The fourth-order valence-corrected chi connectivity index (χ4v) is 5.96. The van der Waals surface area contributed by atoms with E-state index in [0.717, 1.165) is 12.8 Å². The van der Waals surface area contributed by atoms with Gasteiger partial charge in [-0.1, -0.05) is 27.7 Å². The van der Waals surface area contributed by atoms with Crippen LogP contribution in [0.3, 0.4) is 0 Å². The van der Waals surface area contributed by atoms with Gasteiger partial charge in [0.25, 0.3) is 0 Å². The van der Waals surface area contributed by atoms with Crippen LogP contribution in [0.25, 0.3) is 0 Å². The number of nitrogens with zero attached hydrogens (tertiary/aromatic N) is 1. The third kappa shape index (κ3) is 5.63. The SMILES string of the molecule is CCC1(COC(=O)c2cc(OC)c(OC)c(OC)c2)COC2(CC(C)(CC)N(OC(C)=O)C(C)(CC)C2C)OC1. The van der Waals surface area contributed by atoms with Crippen LogP contribution < -0.4 is 14.2 Å². The predicted octanol–water partition coefficient (Wildman–Crippen LogP) is 5.17. The van der Waals surface area contributed by atoms with Gasteiger partial charge < -0.3 is 33.3 Å². The van der Waals surface area contributed by atoms with Crippen LogP contribution in [0.15, 0.2) is 12.1 Å². The number of ether oxygens (including phenoxy) is 6. The van der Waals surface area contributed by atoms with Crippen LogP contribution in [0.1, 0.15) is 84.5 Å². The van der Waals surface area contributed by atoms with Crippen LogP contribution in [0.4, 0.5) is 0 Å². The van der Waals surface area contributed by atoms with Crippen molar-refractivity contribution in [2.24, 2.45) is 11.3 Å². The molecule has 0 N–H and O–H groups in total. The maximum absolute atomic E-state index is 13.1. The number of benzene rings is 1. The lowest BCUT2D eigenvalue weighted by molar-refractivity contribution is -0.402. The molecule has 2 heterocycles. The number of hydrogen-bond acceptors (Lipinski definition) is 10. The highest BCUT2D eigenvalue weighted by Crippen LogP contribution is 2.54. The Morgan fingerprint density at radius 3 is 1.95 bits per heavy atom. The van der Waals surface area contributed by atoms with Gasteiger partial charge >= 0.3 is 11.9 Å². The van der Waals surface area contributed by atoms with Crippen LogP contribution in [-0.4, -0.2) is 75.0 Å². The summed E-state index contributed by atoms with van der Waals surface area (Å²) in [6, 6.07) is 3.14. The summed E-state index contributed by atoms with van der Waals surface area (Å²) in [5.74, 6) is -0.682. The van der Waals surface area contributed by atoms with E-state index in [9.17, 15) is 9.59 Å².